The molecule has 2 rings (SSSR count). The van der Waals surface area contributed by atoms with Gasteiger partial charge in [-0.25, -0.2) is 4.79 Å². The molecule has 0 radical (unpaired) electrons. The van der Waals surface area contributed by atoms with E-state index in [0.29, 0.717) is 24.2 Å². The summed E-state index contributed by atoms with van der Waals surface area (Å²) in [6.45, 7) is 6.04. The molecule has 2 aromatic rings. The molecule has 1 aromatic heterocycles. The molecule has 0 aliphatic heterocycles. The SMILES string of the molecule is CC(C)(C)OC(=O)NCCNc1cccc2c(=O)[nH][nH]c(=O)c12. The molecule has 124 valence electrons. The maximum atomic E-state index is 11.9. The minimum absolute atomic E-state index is 0.286. The first-order valence-corrected chi connectivity index (χ1v) is 7.22. The van der Waals surface area contributed by atoms with E-state index in [2.05, 4.69) is 20.8 Å². The summed E-state index contributed by atoms with van der Waals surface area (Å²) < 4.78 is 5.12. The summed E-state index contributed by atoms with van der Waals surface area (Å²) in [5.41, 5.74) is -0.777. The number of fused-ring (bicyclic) bond motifs is 1. The second-order valence-electron chi connectivity index (χ2n) is 5.99. The van der Waals surface area contributed by atoms with Crippen LogP contribution in [0.5, 0.6) is 0 Å². The summed E-state index contributed by atoms with van der Waals surface area (Å²) in [5, 5.41) is 10.8. The first-order chi connectivity index (χ1) is 10.8. The lowest BCUT2D eigenvalue weighted by Crippen LogP contribution is -2.35. The fourth-order valence-corrected chi connectivity index (χ4v) is 2.05. The molecule has 1 aromatic carbocycles. The van der Waals surface area contributed by atoms with Gasteiger partial charge >= 0.3 is 6.09 Å². The number of alkyl carbamates (subject to hydrolysis) is 1. The largest absolute Gasteiger partial charge is 0.444 e. The van der Waals surface area contributed by atoms with E-state index in [4.69, 9.17) is 4.74 Å². The number of carbonyl (C=O) groups excluding carboxylic acids is 1. The van der Waals surface area contributed by atoms with Gasteiger partial charge in [0.05, 0.1) is 10.8 Å². The van der Waals surface area contributed by atoms with E-state index in [1.165, 1.54) is 0 Å². The highest BCUT2D eigenvalue weighted by atomic mass is 16.6. The first-order valence-electron chi connectivity index (χ1n) is 7.22. The minimum atomic E-state index is -0.554. The summed E-state index contributed by atoms with van der Waals surface area (Å²) in [5.74, 6) is 0. The van der Waals surface area contributed by atoms with Crippen molar-refractivity contribution in [2.24, 2.45) is 0 Å². The molecule has 0 bridgehead atoms. The molecule has 0 unspecified atom stereocenters. The summed E-state index contributed by atoms with van der Waals surface area (Å²) >= 11 is 0. The van der Waals surface area contributed by atoms with Gasteiger partial charge in [-0.05, 0) is 32.9 Å². The van der Waals surface area contributed by atoms with Crippen molar-refractivity contribution in [3.05, 3.63) is 38.9 Å². The lowest BCUT2D eigenvalue weighted by atomic mass is 10.1. The van der Waals surface area contributed by atoms with Gasteiger partial charge in [0, 0.05) is 18.8 Å². The Bertz CT molecular complexity index is 817. The van der Waals surface area contributed by atoms with E-state index in [9.17, 15) is 14.4 Å². The molecule has 0 saturated carbocycles. The van der Waals surface area contributed by atoms with Crippen LogP contribution in [-0.2, 0) is 4.74 Å². The van der Waals surface area contributed by atoms with Gasteiger partial charge in [-0.3, -0.25) is 19.8 Å². The number of nitrogens with one attached hydrogen (secondary N) is 4. The third kappa shape index (κ3) is 4.35. The maximum absolute atomic E-state index is 11.9. The zero-order chi connectivity index (χ0) is 17.0. The number of amides is 1. The molecule has 0 atom stereocenters. The second-order valence-corrected chi connectivity index (χ2v) is 5.99. The highest BCUT2D eigenvalue weighted by Crippen LogP contribution is 2.16. The van der Waals surface area contributed by atoms with Crippen LogP contribution < -0.4 is 21.8 Å². The normalized spacial score (nSPS) is 11.3. The Kier molecular flexibility index (Phi) is 4.73. The van der Waals surface area contributed by atoms with Crippen LogP contribution in [0.4, 0.5) is 10.5 Å². The summed E-state index contributed by atoms with van der Waals surface area (Å²) in [6, 6.07) is 4.96. The van der Waals surface area contributed by atoms with Gasteiger partial charge in [0.1, 0.15) is 5.60 Å². The summed E-state index contributed by atoms with van der Waals surface area (Å²) in [7, 11) is 0. The van der Waals surface area contributed by atoms with Gasteiger partial charge in [-0.1, -0.05) is 6.07 Å². The fraction of sp³-hybridized carbons (Fsp3) is 0.400. The number of anilines is 1. The first kappa shape index (κ1) is 16.6. The van der Waals surface area contributed by atoms with Crippen molar-refractivity contribution in [2.45, 2.75) is 26.4 Å². The van der Waals surface area contributed by atoms with E-state index in [-0.39, 0.29) is 16.5 Å². The molecular weight excluding hydrogens is 300 g/mol. The lowest BCUT2D eigenvalue weighted by molar-refractivity contribution is 0.0530. The van der Waals surface area contributed by atoms with E-state index in [1.54, 1.807) is 39.0 Å². The molecule has 1 heterocycles. The number of benzene rings is 1. The van der Waals surface area contributed by atoms with Crippen molar-refractivity contribution >= 4 is 22.6 Å². The minimum Gasteiger partial charge on any atom is -0.444 e. The lowest BCUT2D eigenvalue weighted by Gasteiger charge is -2.19. The zero-order valence-corrected chi connectivity index (χ0v) is 13.3. The topological polar surface area (TPSA) is 116 Å². The Labute approximate surface area is 132 Å². The van der Waals surface area contributed by atoms with Crippen LogP contribution in [-0.4, -0.2) is 35.0 Å². The number of carbonyl (C=O) groups is 1. The Morgan fingerprint density at radius 3 is 2.52 bits per heavy atom. The predicted molar refractivity (Wildman–Crippen MR) is 87.9 cm³/mol. The molecular formula is C15H20N4O4. The van der Waals surface area contributed by atoms with E-state index < -0.39 is 11.7 Å². The molecule has 8 heteroatoms. The third-order valence-corrected chi connectivity index (χ3v) is 2.93. The van der Waals surface area contributed by atoms with Crippen LogP contribution in [0.1, 0.15) is 20.8 Å². The molecule has 0 aliphatic carbocycles. The van der Waals surface area contributed by atoms with Gasteiger partial charge in [0.2, 0.25) is 0 Å². The van der Waals surface area contributed by atoms with Gasteiger partial charge in [0.15, 0.2) is 0 Å². The monoisotopic (exact) mass is 320 g/mol. The number of aromatic nitrogens is 2. The maximum Gasteiger partial charge on any atom is 0.407 e. The van der Waals surface area contributed by atoms with Crippen molar-refractivity contribution in [3.63, 3.8) is 0 Å². The molecule has 8 nitrogen and oxygen atoms in total. The van der Waals surface area contributed by atoms with E-state index in [0.717, 1.165) is 0 Å². The Balaban J connectivity index is 2.01. The predicted octanol–water partition coefficient (Wildman–Crippen LogP) is 1.15. The van der Waals surface area contributed by atoms with E-state index >= 15 is 0 Å². The molecule has 4 N–H and O–H groups in total. The Morgan fingerprint density at radius 2 is 1.83 bits per heavy atom. The highest BCUT2D eigenvalue weighted by molar-refractivity contribution is 5.92. The van der Waals surface area contributed by atoms with Crippen molar-refractivity contribution in [1.82, 2.24) is 15.5 Å². The van der Waals surface area contributed by atoms with Crippen molar-refractivity contribution in [3.8, 4) is 0 Å². The van der Waals surface area contributed by atoms with Crippen molar-refractivity contribution in [2.75, 3.05) is 18.4 Å². The number of H-pyrrole nitrogens is 2. The molecule has 1 amide bonds. The number of aromatic amines is 2. The van der Waals surface area contributed by atoms with Crippen LogP contribution in [0.15, 0.2) is 27.8 Å². The fourth-order valence-electron chi connectivity index (χ4n) is 2.05. The van der Waals surface area contributed by atoms with Crippen LogP contribution in [0, 0.1) is 0 Å². The molecule has 0 aliphatic rings. The number of ether oxygens (including phenoxy) is 1. The summed E-state index contributed by atoms with van der Waals surface area (Å²) in [6.07, 6.45) is -0.508. The number of hydrogen-bond acceptors (Lipinski definition) is 5. The highest BCUT2D eigenvalue weighted by Gasteiger charge is 2.15. The average Bonchev–Trinajstić information content (AvgIpc) is 2.46. The van der Waals surface area contributed by atoms with Gasteiger partial charge in [-0.2, -0.15) is 0 Å². The van der Waals surface area contributed by atoms with Crippen LogP contribution >= 0.6 is 0 Å². The number of rotatable bonds is 4. The van der Waals surface area contributed by atoms with Crippen molar-refractivity contribution < 1.29 is 9.53 Å². The standard InChI is InChI=1S/C15H20N4O4/c1-15(2,3)23-14(22)17-8-7-16-10-6-4-5-9-11(10)13(21)19-18-12(9)20/h4-6,16H,7-8H2,1-3H3,(H,17,22)(H,18,20)(H,19,21). The second kappa shape index (κ2) is 6.55. The third-order valence-electron chi connectivity index (χ3n) is 2.93. The Morgan fingerprint density at radius 1 is 1.13 bits per heavy atom. The number of hydrogen-bond donors (Lipinski definition) is 4. The van der Waals surface area contributed by atoms with Crippen LogP contribution in [0.25, 0.3) is 10.8 Å². The van der Waals surface area contributed by atoms with Gasteiger partial charge in [-0.15, -0.1) is 0 Å². The zero-order valence-electron chi connectivity index (χ0n) is 13.3. The average molecular weight is 320 g/mol. The van der Waals surface area contributed by atoms with Crippen LogP contribution in [0.2, 0.25) is 0 Å². The molecule has 0 spiro atoms. The smallest absolute Gasteiger partial charge is 0.407 e. The molecule has 0 saturated heterocycles. The summed E-state index contributed by atoms with van der Waals surface area (Å²) in [4.78, 5) is 35.1. The van der Waals surface area contributed by atoms with Crippen LogP contribution in [0.3, 0.4) is 0 Å². The molecule has 23 heavy (non-hydrogen) atoms. The van der Waals surface area contributed by atoms with Crippen molar-refractivity contribution in [1.29, 1.82) is 0 Å². The van der Waals surface area contributed by atoms with Gasteiger partial charge in [0.25, 0.3) is 11.1 Å². The van der Waals surface area contributed by atoms with Gasteiger partial charge < -0.3 is 15.4 Å². The molecule has 0 fully saturated rings. The van der Waals surface area contributed by atoms with E-state index in [1.807, 2.05) is 0 Å². The quantitative estimate of drug-likeness (QED) is 0.631. The Hall–Kier alpha value is -2.77.